The first-order chi connectivity index (χ1) is 13.6. The first-order valence-electron chi connectivity index (χ1n) is 11.1. The minimum atomic E-state index is -0.00468. The molecule has 3 fully saturated rings. The summed E-state index contributed by atoms with van der Waals surface area (Å²) in [4.78, 5) is 14.6. The lowest BCUT2D eigenvalue weighted by molar-refractivity contribution is -0.148. The number of likely N-dealkylation sites (tertiary alicyclic amines) is 1. The van der Waals surface area contributed by atoms with Crippen LogP contribution < -0.4 is 0 Å². The number of aryl methyl sites for hydroxylation is 2. The molecule has 1 atom stereocenters. The Hall–Kier alpha value is -1.40. The first-order valence-corrected chi connectivity index (χ1v) is 11.1. The van der Waals surface area contributed by atoms with Crippen LogP contribution in [0.2, 0.25) is 0 Å². The highest BCUT2D eigenvalue weighted by molar-refractivity contribution is 5.76. The molecule has 1 saturated carbocycles. The van der Waals surface area contributed by atoms with Gasteiger partial charge in [0, 0.05) is 52.1 Å². The van der Waals surface area contributed by atoms with Crippen LogP contribution in [0.1, 0.15) is 56.9 Å². The van der Waals surface area contributed by atoms with Crippen molar-refractivity contribution in [2.75, 3.05) is 32.9 Å². The highest BCUT2D eigenvalue weighted by atomic mass is 16.5. The molecule has 156 valence electrons. The summed E-state index contributed by atoms with van der Waals surface area (Å²) in [6.07, 6.45) is 12.5. The monoisotopic (exact) mass is 389 g/mol. The number of rotatable bonds is 8. The average molecular weight is 390 g/mol. The lowest BCUT2D eigenvalue weighted by atomic mass is 9.78. The van der Waals surface area contributed by atoms with Crippen LogP contribution in [0.5, 0.6) is 0 Å². The summed E-state index contributed by atoms with van der Waals surface area (Å²) in [5, 5.41) is 4.27. The molecule has 1 aromatic rings. The molecule has 28 heavy (non-hydrogen) atoms. The lowest BCUT2D eigenvalue weighted by Gasteiger charge is -2.46. The molecule has 1 amide bonds. The minimum Gasteiger partial charge on any atom is -0.381 e. The molecule has 2 aliphatic heterocycles. The van der Waals surface area contributed by atoms with Crippen molar-refractivity contribution in [3.05, 3.63) is 18.0 Å². The minimum absolute atomic E-state index is 0.00468. The van der Waals surface area contributed by atoms with E-state index in [0.29, 0.717) is 18.9 Å². The quantitative estimate of drug-likeness (QED) is 0.641. The van der Waals surface area contributed by atoms with E-state index in [1.54, 1.807) is 0 Å². The molecule has 2 saturated heterocycles. The number of piperidine rings is 1. The Labute approximate surface area is 168 Å². The third kappa shape index (κ3) is 5.35. The van der Waals surface area contributed by atoms with Gasteiger partial charge >= 0.3 is 0 Å². The van der Waals surface area contributed by atoms with Crippen LogP contribution in [0.4, 0.5) is 0 Å². The van der Waals surface area contributed by atoms with Crippen molar-refractivity contribution < 1.29 is 14.3 Å². The summed E-state index contributed by atoms with van der Waals surface area (Å²) < 4.78 is 14.0. The molecule has 3 aliphatic rings. The molecule has 1 spiro atoms. The van der Waals surface area contributed by atoms with Gasteiger partial charge < -0.3 is 14.4 Å². The summed E-state index contributed by atoms with van der Waals surface area (Å²) in [7, 11) is 0. The molecule has 0 aromatic carbocycles. The van der Waals surface area contributed by atoms with Crippen LogP contribution in [0.3, 0.4) is 0 Å². The molecule has 0 N–H and O–H groups in total. The van der Waals surface area contributed by atoms with Crippen LogP contribution in [0.25, 0.3) is 0 Å². The number of hydrogen-bond donors (Lipinski definition) is 0. The Morgan fingerprint density at radius 2 is 2.11 bits per heavy atom. The molecule has 1 aliphatic carbocycles. The molecular weight excluding hydrogens is 354 g/mol. The van der Waals surface area contributed by atoms with Crippen molar-refractivity contribution in [3.8, 4) is 0 Å². The van der Waals surface area contributed by atoms with Crippen LogP contribution >= 0.6 is 0 Å². The molecule has 0 bridgehead atoms. The van der Waals surface area contributed by atoms with Gasteiger partial charge in [-0.25, -0.2) is 0 Å². The number of aromatic nitrogens is 2. The van der Waals surface area contributed by atoms with Gasteiger partial charge in [-0.05, 0) is 69.3 Å². The van der Waals surface area contributed by atoms with Crippen LogP contribution in [-0.4, -0.2) is 59.1 Å². The van der Waals surface area contributed by atoms with Crippen LogP contribution in [0.15, 0.2) is 12.4 Å². The molecule has 6 nitrogen and oxygen atoms in total. The standard InChI is InChI=1S/C22H35N3O3/c1-18-15-23-25(16-18)9-4-21(26)24-10-7-22(8-11-24)14-19(6-13-28-22)5-12-27-17-20-2-3-20/h15-16,19-20H,2-14,17H2,1H3. The van der Waals surface area contributed by atoms with Crippen LogP contribution in [0, 0.1) is 18.8 Å². The van der Waals surface area contributed by atoms with E-state index in [9.17, 15) is 4.79 Å². The molecule has 1 aromatic heterocycles. The fourth-order valence-electron chi connectivity index (χ4n) is 4.63. The van der Waals surface area contributed by atoms with E-state index in [-0.39, 0.29) is 11.5 Å². The second-order valence-corrected chi connectivity index (χ2v) is 9.11. The van der Waals surface area contributed by atoms with Gasteiger partial charge in [-0.1, -0.05) is 0 Å². The van der Waals surface area contributed by atoms with E-state index in [0.717, 1.165) is 76.5 Å². The second-order valence-electron chi connectivity index (χ2n) is 9.11. The number of ether oxygens (including phenoxy) is 2. The van der Waals surface area contributed by atoms with E-state index >= 15 is 0 Å². The highest BCUT2D eigenvalue weighted by Crippen LogP contribution is 2.39. The van der Waals surface area contributed by atoms with Gasteiger partial charge in [0.25, 0.3) is 0 Å². The van der Waals surface area contributed by atoms with E-state index < -0.39 is 0 Å². The largest absolute Gasteiger partial charge is 0.381 e. The molecule has 3 heterocycles. The van der Waals surface area contributed by atoms with Crippen molar-refractivity contribution in [1.82, 2.24) is 14.7 Å². The second kappa shape index (κ2) is 8.95. The summed E-state index contributed by atoms with van der Waals surface area (Å²) in [5.41, 5.74) is 1.13. The maximum atomic E-state index is 12.6. The van der Waals surface area contributed by atoms with E-state index in [1.165, 1.54) is 12.8 Å². The number of hydrogen-bond acceptors (Lipinski definition) is 4. The van der Waals surface area contributed by atoms with Crippen molar-refractivity contribution in [2.24, 2.45) is 11.8 Å². The van der Waals surface area contributed by atoms with Gasteiger partial charge in [-0.15, -0.1) is 0 Å². The van der Waals surface area contributed by atoms with Gasteiger partial charge in [0.2, 0.25) is 5.91 Å². The molecule has 0 radical (unpaired) electrons. The summed E-state index contributed by atoms with van der Waals surface area (Å²) >= 11 is 0. The van der Waals surface area contributed by atoms with Gasteiger partial charge in [0.1, 0.15) is 0 Å². The fraction of sp³-hybridized carbons (Fsp3) is 0.818. The predicted molar refractivity (Wildman–Crippen MR) is 107 cm³/mol. The molecule has 6 heteroatoms. The smallest absolute Gasteiger partial charge is 0.224 e. The molecule has 4 rings (SSSR count). The average Bonchev–Trinajstić information content (AvgIpc) is 3.43. The van der Waals surface area contributed by atoms with Gasteiger partial charge in [0.15, 0.2) is 0 Å². The molecule has 1 unspecified atom stereocenters. The third-order valence-corrected chi connectivity index (χ3v) is 6.66. The van der Waals surface area contributed by atoms with E-state index in [2.05, 4.69) is 5.10 Å². The zero-order valence-electron chi connectivity index (χ0n) is 17.3. The maximum Gasteiger partial charge on any atom is 0.224 e. The number of carbonyl (C=O) groups is 1. The Morgan fingerprint density at radius 3 is 2.82 bits per heavy atom. The highest BCUT2D eigenvalue weighted by Gasteiger charge is 2.40. The van der Waals surface area contributed by atoms with Gasteiger partial charge in [0.05, 0.1) is 11.8 Å². The molecular formula is C22H35N3O3. The normalized spacial score (nSPS) is 24.6. The number of nitrogens with zero attached hydrogens (tertiary/aromatic N) is 3. The van der Waals surface area contributed by atoms with Gasteiger partial charge in [-0.3, -0.25) is 9.48 Å². The van der Waals surface area contributed by atoms with Crippen molar-refractivity contribution >= 4 is 5.91 Å². The summed E-state index contributed by atoms with van der Waals surface area (Å²) in [6, 6.07) is 0. The third-order valence-electron chi connectivity index (χ3n) is 6.66. The number of carbonyl (C=O) groups excluding carboxylic acids is 1. The van der Waals surface area contributed by atoms with E-state index in [1.807, 2.05) is 28.9 Å². The van der Waals surface area contributed by atoms with E-state index in [4.69, 9.17) is 9.47 Å². The van der Waals surface area contributed by atoms with Crippen molar-refractivity contribution in [3.63, 3.8) is 0 Å². The number of amides is 1. The maximum absolute atomic E-state index is 12.6. The Morgan fingerprint density at radius 1 is 1.29 bits per heavy atom. The lowest BCUT2D eigenvalue weighted by Crippen LogP contribution is -2.51. The van der Waals surface area contributed by atoms with Crippen molar-refractivity contribution in [1.29, 1.82) is 0 Å². The predicted octanol–water partition coefficient (Wildman–Crippen LogP) is 3.19. The zero-order chi connectivity index (χ0) is 19.4. The Kier molecular flexibility index (Phi) is 6.36. The Balaban J connectivity index is 1.18. The first kappa shape index (κ1) is 19.9. The summed E-state index contributed by atoms with van der Waals surface area (Å²) in [6.45, 7) is 7.04. The summed E-state index contributed by atoms with van der Waals surface area (Å²) in [5.74, 6) is 1.79. The topological polar surface area (TPSA) is 56.6 Å². The fourth-order valence-corrected chi connectivity index (χ4v) is 4.63. The van der Waals surface area contributed by atoms with Gasteiger partial charge in [-0.2, -0.15) is 5.10 Å². The zero-order valence-corrected chi connectivity index (χ0v) is 17.3. The van der Waals surface area contributed by atoms with Crippen LogP contribution in [-0.2, 0) is 20.8 Å². The SMILES string of the molecule is Cc1cnn(CCC(=O)N2CCC3(CC2)CC(CCOCC2CC2)CCO3)c1. The Bertz CT molecular complexity index is 647. The van der Waals surface area contributed by atoms with Crippen molar-refractivity contribution in [2.45, 2.75) is 70.4 Å².